The van der Waals surface area contributed by atoms with Crippen LogP contribution >= 0.6 is 11.6 Å². The smallest absolute Gasteiger partial charge is 0.175 e. The molecule has 0 fully saturated rings. The highest BCUT2D eigenvalue weighted by atomic mass is 35.5. The van der Waals surface area contributed by atoms with Crippen molar-refractivity contribution in [1.82, 2.24) is 4.68 Å². The molecule has 1 aromatic heterocycles. The lowest BCUT2D eigenvalue weighted by Crippen LogP contribution is -2.18. The van der Waals surface area contributed by atoms with Crippen LogP contribution < -0.4 is 5.43 Å². The van der Waals surface area contributed by atoms with Crippen molar-refractivity contribution in [3.05, 3.63) is 52.3 Å². The third-order valence-corrected chi connectivity index (χ3v) is 4.70. The summed E-state index contributed by atoms with van der Waals surface area (Å²) in [7, 11) is -3.30. The number of nitrogens with zero attached hydrogens (tertiary/aromatic N) is 1. The number of rotatable bonds is 4. The van der Waals surface area contributed by atoms with E-state index in [4.69, 9.17) is 11.6 Å². The topological polar surface area (TPSA) is 51.1 Å². The monoisotopic (exact) mass is 312 g/mol. The van der Waals surface area contributed by atoms with Crippen molar-refractivity contribution in [1.29, 1.82) is 0 Å². The average Bonchev–Trinajstić information content (AvgIpc) is 2.66. The molecule has 0 radical (unpaired) electrons. The third kappa shape index (κ3) is 2.99. The first-order valence-electron chi connectivity index (χ1n) is 6.17. The quantitative estimate of drug-likeness (QED) is 0.944. The van der Waals surface area contributed by atoms with Crippen LogP contribution in [-0.4, -0.2) is 19.3 Å². The predicted octanol–water partition coefficient (Wildman–Crippen LogP) is 2.91. The summed E-state index contributed by atoms with van der Waals surface area (Å²) in [6, 6.07) is 8.91. The Hall–Kier alpha value is -1.46. The predicted molar refractivity (Wildman–Crippen MR) is 81.5 cm³/mol. The van der Waals surface area contributed by atoms with Gasteiger partial charge in [-0.1, -0.05) is 17.7 Å². The zero-order valence-electron chi connectivity index (χ0n) is 11.6. The molecule has 4 nitrogen and oxygen atoms in total. The summed E-state index contributed by atoms with van der Waals surface area (Å²) in [5.41, 5.74) is 5.89. The molecule has 2 rings (SSSR count). The van der Waals surface area contributed by atoms with Gasteiger partial charge in [0.25, 0.3) is 0 Å². The van der Waals surface area contributed by atoms with E-state index in [1.54, 1.807) is 18.2 Å². The fraction of sp³-hybridized carbons (Fsp3) is 0.286. The second-order valence-electron chi connectivity index (χ2n) is 4.78. The first kappa shape index (κ1) is 14.9. The molecule has 0 aliphatic heterocycles. The van der Waals surface area contributed by atoms with E-state index in [0.29, 0.717) is 17.1 Å². The fourth-order valence-electron chi connectivity index (χ4n) is 2.13. The van der Waals surface area contributed by atoms with Gasteiger partial charge in [0, 0.05) is 28.2 Å². The normalized spacial score (nSPS) is 11.6. The zero-order valence-corrected chi connectivity index (χ0v) is 13.2. The van der Waals surface area contributed by atoms with Gasteiger partial charge in [-0.05, 0) is 38.1 Å². The molecule has 0 spiro atoms. The molecule has 0 amide bonds. The molecule has 1 heterocycles. The highest BCUT2D eigenvalue weighted by Gasteiger charge is 2.15. The van der Waals surface area contributed by atoms with Gasteiger partial charge in [-0.15, -0.1) is 0 Å². The molecule has 0 aliphatic rings. The number of halogens is 1. The largest absolute Gasteiger partial charge is 0.321 e. The maximum absolute atomic E-state index is 11.8. The van der Waals surface area contributed by atoms with Gasteiger partial charge in [0.1, 0.15) is 0 Å². The molecule has 1 N–H and O–H groups in total. The van der Waals surface area contributed by atoms with Gasteiger partial charge in [-0.25, -0.2) is 8.42 Å². The van der Waals surface area contributed by atoms with Gasteiger partial charge in [0.2, 0.25) is 0 Å². The number of hydrogen-bond acceptors (Lipinski definition) is 3. The molecular formula is C14H17ClN2O2S. The Morgan fingerprint density at radius 2 is 1.75 bits per heavy atom. The molecule has 0 atom stereocenters. The summed E-state index contributed by atoms with van der Waals surface area (Å²) in [6.07, 6.45) is 1.19. The Bertz CT molecular complexity index is 716. The molecule has 6 heteroatoms. The number of aryl methyl sites for hydroxylation is 2. The molecule has 0 bridgehead atoms. The number of sulfone groups is 1. The second kappa shape index (κ2) is 5.50. The highest BCUT2D eigenvalue weighted by Crippen LogP contribution is 2.24. The van der Waals surface area contributed by atoms with Crippen LogP contribution in [0.15, 0.2) is 35.2 Å². The van der Waals surface area contributed by atoms with Gasteiger partial charge < -0.3 is 5.43 Å². The van der Waals surface area contributed by atoms with E-state index >= 15 is 0 Å². The molecule has 108 valence electrons. The van der Waals surface area contributed by atoms with Gasteiger partial charge in [-0.3, -0.25) is 4.68 Å². The van der Waals surface area contributed by atoms with Crippen molar-refractivity contribution in [3.63, 3.8) is 0 Å². The van der Waals surface area contributed by atoms with E-state index in [9.17, 15) is 8.42 Å². The number of nitrogens with one attached hydrogen (secondary N) is 1. The summed E-state index contributed by atoms with van der Waals surface area (Å²) in [4.78, 5) is 0.264. The number of benzene rings is 1. The fourth-order valence-corrected chi connectivity index (χ4v) is 3.39. The lowest BCUT2D eigenvalue weighted by molar-refractivity contribution is 0.600. The van der Waals surface area contributed by atoms with Crippen LogP contribution in [0.3, 0.4) is 0 Å². The van der Waals surface area contributed by atoms with Crippen LogP contribution in [0.1, 0.15) is 17.0 Å². The van der Waals surface area contributed by atoms with E-state index in [1.165, 1.54) is 6.26 Å². The lowest BCUT2D eigenvalue weighted by atomic mass is 10.2. The third-order valence-electron chi connectivity index (χ3n) is 3.16. The standard InChI is InChI=1S/C14H17ClN2O2S/c1-10-7-8-11(2)17(10)16-9-12-13(15)5-4-6-14(12)20(3,18)19/h4-8,16H,9H2,1-3H3. The molecule has 1 aromatic carbocycles. The first-order chi connectivity index (χ1) is 9.30. The lowest BCUT2D eigenvalue weighted by Gasteiger charge is -2.15. The van der Waals surface area contributed by atoms with Crippen molar-refractivity contribution in [3.8, 4) is 0 Å². The Morgan fingerprint density at radius 1 is 1.15 bits per heavy atom. The summed E-state index contributed by atoms with van der Waals surface area (Å²) in [5.74, 6) is 0. The van der Waals surface area contributed by atoms with Crippen molar-refractivity contribution < 1.29 is 8.42 Å². The molecule has 0 aliphatic carbocycles. The van der Waals surface area contributed by atoms with Gasteiger partial charge in [0.15, 0.2) is 9.84 Å². The first-order valence-corrected chi connectivity index (χ1v) is 8.44. The van der Waals surface area contributed by atoms with Crippen molar-refractivity contribution >= 4 is 21.4 Å². The van der Waals surface area contributed by atoms with Crippen LogP contribution in [0.2, 0.25) is 5.02 Å². The second-order valence-corrected chi connectivity index (χ2v) is 7.17. The summed E-state index contributed by atoms with van der Waals surface area (Å²) < 4.78 is 25.5. The maximum Gasteiger partial charge on any atom is 0.175 e. The SMILES string of the molecule is Cc1ccc(C)n1NCc1c(Cl)cccc1S(C)(=O)=O. The van der Waals surface area contributed by atoms with Crippen LogP contribution in [-0.2, 0) is 16.4 Å². The molecule has 2 aromatic rings. The maximum atomic E-state index is 11.8. The average molecular weight is 313 g/mol. The summed E-state index contributed by atoms with van der Waals surface area (Å²) in [5, 5.41) is 0.447. The highest BCUT2D eigenvalue weighted by molar-refractivity contribution is 7.90. The molecule has 0 saturated carbocycles. The van der Waals surface area contributed by atoms with E-state index in [0.717, 1.165) is 11.4 Å². The van der Waals surface area contributed by atoms with Gasteiger partial charge in [0.05, 0.1) is 11.4 Å². The zero-order chi connectivity index (χ0) is 14.9. The number of aromatic nitrogens is 1. The molecule has 0 saturated heterocycles. The Morgan fingerprint density at radius 3 is 2.30 bits per heavy atom. The van der Waals surface area contributed by atoms with Crippen LogP contribution in [0, 0.1) is 13.8 Å². The molecule has 0 unspecified atom stereocenters. The van der Waals surface area contributed by atoms with Crippen molar-refractivity contribution in [2.75, 3.05) is 11.7 Å². The number of hydrogen-bond donors (Lipinski definition) is 1. The van der Waals surface area contributed by atoms with E-state index < -0.39 is 9.84 Å². The van der Waals surface area contributed by atoms with E-state index in [-0.39, 0.29) is 4.90 Å². The van der Waals surface area contributed by atoms with Crippen molar-refractivity contribution in [2.45, 2.75) is 25.3 Å². The Labute approximate surface area is 124 Å². The van der Waals surface area contributed by atoms with Crippen LogP contribution in [0.4, 0.5) is 0 Å². The minimum absolute atomic E-state index is 0.264. The molecular weight excluding hydrogens is 296 g/mol. The summed E-state index contributed by atoms with van der Waals surface area (Å²) >= 11 is 6.14. The summed E-state index contributed by atoms with van der Waals surface area (Å²) in [6.45, 7) is 4.30. The van der Waals surface area contributed by atoms with Crippen LogP contribution in [0.25, 0.3) is 0 Å². The Balaban J connectivity index is 2.35. The van der Waals surface area contributed by atoms with Gasteiger partial charge in [-0.2, -0.15) is 0 Å². The minimum Gasteiger partial charge on any atom is -0.321 e. The van der Waals surface area contributed by atoms with E-state index in [1.807, 2.05) is 30.7 Å². The molecule has 20 heavy (non-hydrogen) atoms. The van der Waals surface area contributed by atoms with Crippen LogP contribution in [0.5, 0.6) is 0 Å². The Kier molecular flexibility index (Phi) is 4.11. The van der Waals surface area contributed by atoms with E-state index in [2.05, 4.69) is 5.43 Å². The minimum atomic E-state index is -3.30. The van der Waals surface area contributed by atoms with Gasteiger partial charge >= 0.3 is 0 Å². The van der Waals surface area contributed by atoms with Crippen molar-refractivity contribution in [2.24, 2.45) is 0 Å².